The third kappa shape index (κ3) is 5.16. The first-order valence-corrected chi connectivity index (χ1v) is 10.1. The van der Waals surface area contributed by atoms with Crippen molar-refractivity contribution < 1.29 is 22.5 Å². The Labute approximate surface area is 149 Å². The molecule has 1 N–H and O–H groups in total. The van der Waals surface area contributed by atoms with Crippen molar-refractivity contribution in [2.75, 3.05) is 12.4 Å². The summed E-state index contributed by atoms with van der Waals surface area (Å²) in [7, 11) is -3.70. The van der Waals surface area contributed by atoms with Crippen LogP contribution in [-0.4, -0.2) is 32.2 Å². The molecule has 0 amide bonds. The molecule has 0 heterocycles. The van der Waals surface area contributed by atoms with Crippen molar-refractivity contribution in [3.05, 3.63) is 35.9 Å². The van der Waals surface area contributed by atoms with Gasteiger partial charge in [-0.05, 0) is 47.8 Å². The zero-order valence-electron chi connectivity index (χ0n) is 14.7. The summed E-state index contributed by atoms with van der Waals surface area (Å²) in [6, 6.07) is 6.67. The lowest BCUT2D eigenvalue weighted by atomic mass is 9.75. The highest BCUT2D eigenvalue weighted by Gasteiger charge is 2.44. The van der Waals surface area contributed by atoms with E-state index in [4.69, 9.17) is 9.29 Å². The van der Waals surface area contributed by atoms with Gasteiger partial charge in [-0.3, -0.25) is 0 Å². The lowest BCUT2D eigenvalue weighted by Crippen LogP contribution is -2.31. The minimum Gasteiger partial charge on any atom is -0.392 e. The van der Waals surface area contributed by atoms with Crippen LogP contribution >= 0.6 is 0 Å². The van der Waals surface area contributed by atoms with Gasteiger partial charge in [0.25, 0.3) is 0 Å². The van der Waals surface area contributed by atoms with E-state index < -0.39 is 10.1 Å². The molecule has 0 saturated heterocycles. The summed E-state index contributed by atoms with van der Waals surface area (Å²) in [5.41, 5.74) is 0.656. The monoisotopic (exact) mass is 366 g/mol. The Kier molecular flexibility index (Phi) is 6.41. The molecule has 1 fully saturated rings. The summed E-state index contributed by atoms with van der Waals surface area (Å²) >= 11 is 0. The molecule has 0 aromatic heterocycles. The predicted octanol–water partition coefficient (Wildman–Crippen LogP) is 3.04. The van der Waals surface area contributed by atoms with Gasteiger partial charge < -0.3 is 14.1 Å². The van der Waals surface area contributed by atoms with Crippen LogP contribution in [0.3, 0.4) is 0 Å². The summed E-state index contributed by atoms with van der Waals surface area (Å²) < 4.78 is 30.1. The van der Waals surface area contributed by atoms with E-state index in [0.717, 1.165) is 24.7 Å². The van der Waals surface area contributed by atoms with Gasteiger partial charge in [0.2, 0.25) is 0 Å². The van der Waals surface area contributed by atoms with Crippen LogP contribution in [0.15, 0.2) is 30.3 Å². The molecule has 138 valence electrons. The summed E-state index contributed by atoms with van der Waals surface area (Å²) in [6.07, 6.45) is 6.41. The quantitative estimate of drug-likeness (QED) is 0.565. The first-order chi connectivity index (χ1) is 11.8. The fourth-order valence-electron chi connectivity index (χ4n) is 3.57. The van der Waals surface area contributed by atoms with Crippen molar-refractivity contribution in [2.24, 2.45) is 17.3 Å². The predicted molar refractivity (Wildman–Crippen MR) is 97.7 cm³/mol. The topological polar surface area (TPSA) is 80.7 Å². The number of carbonyl (C=O) groups is 1. The molecule has 6 heteroatoms. The summed E-state index contributed by atoms with van der Waals surface area (Å²) in [6.45, 7) is 4.03. The highest BCUT2D eigenvalue weighted by atomic mass is 32.2. The van der Waals surface area contributed by atoms with Crippen LogP contribution < -0.4 is 4.18 Å². The van der Waals surface area contributed by atoms with E-state index in [1.807, 2.05) is 13.8 Å². The SMILES string of the molecule is CC1(C)C(CC=O)CC[C@@H]1CS(=O)(=O)Oc1ccc(/C=C/CO)cc1. The Morgan fingerprint density at radius 3 is 2.44 bits per heavy atom. The maximum atomic E-state index is 12.4. The van der Waals surface area contributed by atoms with Gasteiger partial charge >= 0.3 is 10.1 Å². The molecule has 2 atom stereocenters. The van der Waals surface area contributed by atoms with Gasteiger partial charge in [-0.25, -0.2) is 0 Å². The second-order valence-electron chi connectivity index (χ2n) is 7.16. The molecule has 1 aliphatic carbocycles. The molecular weight excluding hydrogens is 340 g/mol. The number of aliphatic hydroxyl groups excluding tert-OH is 1. The maximum Gasteiger partial charge on any atom is 0.309 e. The van der Waals surface area contributed by atoms with Gasteiger partial charge in [0, 0.05) is 6.42 Å². The third-order valence-electron chi connectivity index (χ3n) is 5.27. The second-order valence-corrected chi connectivity index (χ2v) is 8.77. The molecule has 0 spiro atoms. The number of hydrogen-bond acceptors (Lipinski definition) is 5. The number of aliphatic hydroxyl groups is 1. The minimum atomic E-state index is -3.70. The van der Waals surface area contributed by atoms with Crippen molar-refractivity contribution in [3.8, 4) is 5.75 Å². The van der Waals surface area contributed by atoms with Crippen LogP contribution in [-0.2, 0) is 14.9 Å². The van der Waals surface area contributed by atoms with Crippen molar-refractivity contribution in [2.45, 2.75) is 33.1 Å². The lowest BCUT2D eigenvalue weighted by Gasteiger charge is -2.32. The molecule has 2 rings (SSSR count). The van der Waals surface area contributed by atoms with E-state index in [0.29, 0.717) is 6.42 Å². The van der Waals surface area contributed by atoms with E-state index in [-0.39, 0.29) is 35.4 Å². The third-order valence-corrected chi connectivity index (χ3v) is 6.53. The van der Waals surface area contributed by atoms with E-state index in [1.54, 1.807) is 36.4 Å². The number of benzene rings is 1. The normalized spacial score (nSPS) is 23.0. The van der Waals surface area contributed by atoms with Gasteiger partial charge in [-0.2, -0.15) is 8.42 Å². The first kappa shape index (κ1) is 19.7. The zero-order chi connectivity index (χ0) is 18.5. The van der Waals surface area contributed by atoms with E-state index in [2.05, 4.69) is 0 Å². The number of carbonyl (C=O) groups excluding carboxylic acids is 1. The molecule has 1 aliphatic rings. The standard InChI is InChI=1S/C19H26O5S/c1-19(2)16(11-13-21)7-8-17(19)14-25(22,23)24-18-9-5-15(6-10-18)4-3-12-20/h3-6,9-10,13,16-17,20H,7-8,11-12,14H2,1-2H3/b4-3+/t16?,17-/m1/s1. The van der Waals surface area contributed by atoms with Crippen LogP contribution in [0, 0.1) is 17.3 Å². The number of aldehydes is 1. The average Bonchev–Trinajstić information content (AvgIpc) is 2.81. The molecule has 0 bridgehead atoms. The van der Waals surface area contributed by atoms with Gasteiger partial charge in [-0.15, -0.1) is 0 Å². The smallest absolute Gasteiger partial charge is 0.309 e. The average molecular weight is 366 g/mol. The van der Waals surface area contributed by atoms with Gasteiger partial charge in [0.15, 0.2) is 0 Å². The Morgan fingerprint density at radius 2 is 1.84 bits per heavy atom. The van der Waals surface area contributed by atoms with Crippen LogP contribution in [0.1, 0.15) is 38.7 Å². The van der Waals surface area contributed by atoms with Crippen molar-refractivity contribution in [3.63, 3.8) is 0 Å². The Hall–Kier alpha value is -1.66. The maximum absolute atomic E-state index is 12.4. The van der Waals surface area contributed by atoms with Crippen LogP contribution in [0.4, 0.5) is 0 Å². The molecule has 1 saturated carbocycles. The molecule has 1 aromatic carbocycles. The largest absolute Gasteiger partial charge is 0.392 e. The van der Waals surface area contributed by atoms with Crippen LogP contribution in [0.25, 0.3) is 6.08 Å². The van der Waals surface area contributed by atoms with Gasteiger partial charge in [0.05, 0.1) is 12.4 Å². The number of hydrogen-bond donors (Lipinski definition) is 1. The summed E-state index contributed by atoms with van der Waals surface area (Å²) in [4.78, 5) is 10.8. The van der Waals surface area contributed by atoms with Gasteiger partial charge in [-0.1, -0.05) is 38.1 Å². The van der Waals surface area contributed by atoms with E-state index in [9.17, 15) is 13.2 Å². The fourth-order valence-corrected chi connectivity index (χ4v) is 5.13. The Bertz CT molecular complexity index is 704. The molecular formula is C19H26O5S. The van der Waals surface area contributed by atoms with E-state index in [1.165, 1.54) is 0 Å². The Morgan fingerprint density at radius 1 is 1.20 bits per heavy atom. The molecule has 5 nitrogen and oxygen atoms in total. The lowest BCUT2D eigenvalue weighted by molar-refractivity contribution is -0.109. The zero-order valence-corrected chi connectivity index (χ0v) is 15.5. The number of rotatable bonds is 8. The Balaban J connectivity index is 2.02. The summed E-state index contributed by atoms with van der Waals surface area (Å²) in [5.74, 6) is 0.444. The molecule has 1 aromatic rings. The molecule has 1 unspecified atom stereocenters. The van der Waals surface area contributed by atoms with Crippen molar-refractivity contribution >= 4 is 22.5 Å². The highest BCUT2D eigenvalue weighted by molar-refractivity contribution is 7.87. The molecule has 0 radical (unpaired) electrons. The van der Waals surface area contributed by atoms with Crippen LogP contribution in [0.5, 0.6) is 5.75 Å². The molecule has 25 heavy (non-hydrogen) atoms. The first-order valence-electron chi connectivity index (χ1n) is 8.51. The second kappa shape index (κ2) is 8.15. The molecule has 0 aliphatic heterocycles. The van der Waals surface area contributed by atoms with Crippen molar-refractivity contribution in [1.82, 2.24) is 0 Å². The highest BCUT2D eigenvalue weighted by Crippen LogP contribution is 2.49. The minimum absolute atomic E-state index is 0.0192. The summed E-state index contributed by atoms with van der Waals surface area (Å²) in [5, 5.41) is 8.76. The van der Waals surface area contributed by atoms with Gasteiger partial charge in [0.1, 0.15) is 12.0 Å². The fraction of sp³-hybridized carbons (Fsp3) is 0.526. The van der Waals surface area contributed by atoms with Crippen LogP contribution in [0.2, 0.25) is 0 Å². The van der Waals surface area contributed by atoms with E-state index >= 15 is 0 Å². The van der Waals surface area contributed by atoms with Crippen molar-refractivity contribution in [1.29, 1.82) is 0 Å².